The summed E-state index contributed by atoms with van der Waals surface area (Å²) in [6.45, 7) is 3.07. The van der Waals surface area contributed by atoms with Gasteiger partial charge >= 0.3 is 5.97 Å². The second-order valence-electron chi connectivity index (χ2n) is 6.77. The van der Waals surface area contributed by atoms with Crippen LogP contribution in [0.3, 0.4) is 0 Å². The molecule has 0 bridgehead atoms. The number of aromatic carboxylic acids is 1. The fourth-order valence-electron chi connectivity index (χ4n) is 3.44. The molecule has 140 valence electrons. The van der Waals surface area contributed by atoms with Gasteiger partial charge in [-0.15, -0.1) is 0 Å². The second-order valence-corrected chi connectivity index (χ2v) is 6.77. The van der Waals surface area contributed by atoms with Gasteiger partial charge in [-0.3, -0.25) is 9.36 Å². The molecule has 0 saturated carbocycles. The van der Waals surface area contributed by atoms with Crippen LogP contribution < -0.4 is 16.1 Å². The van der Waals surface area contributed by atoms with Gasteiger partial charge in [0.15, 0.2) is 5.82 Å². The minimum atomic E-state index is -1.40. The van der Waals surface area contributed by atoms with Crippen molar-refractivity contribution in [1.29, 1.82) is 0 Å². The zero-order valence-corrected chi connectivity index (χ0v) is 14.4. The van der Waals surface area contributed by atoms with Gasteiger partial charge in [-0.1, -0.05) is 12.1 Å². The first-order valence-electron chi connectivity index (χ1n) is 8.40. The van der Waals surface area contributed by atoms with Crippen LogP contribution in [0.4, 0.5) is 10.1 Å². The van der Waals surface area contributed by atoms with Gasteiger partial charge < -0.3 is 20.3 Å². The number of nitrogens with two attached hydrogens (primary N) is 1. The van der Waals surface area contributed by atoms with Crippen LogP contribution in [0.15, 0.2) is 40.0 Å². The first kappa shape index (κ1) is 17.2. The van der Waals surface area contributed by atoms with E-state index in [-0.39, 0.29) is 23.2 Å². The number of anilines is 1. The molecule has 2 aromatic heterocycles. The molecular formula is C18H17FN4O4. The van der Waals surface area contributed by atoms with Crippen LogP contribution in [0, 0.1) is 11.7 Å². The number of carboxylic acids is 1. The average Bonchev–Trinajstić information content (AvgIpc) is 3.25. The highest BCUT2D eigenvalue weighted by Gasteiger charge is 2.29. The van der Waals surface area contributed by atoms with Crippen LogP contribution in [0.25, 0.3) is 16.7 Å². The monoisotopic (exact) mass is 372 g/mol. The number of carboxylic acid groups (broad SMARTS) is 1. The number of carbonyl (C=O) groups is 1. The molecule has 8 nitrogen and oxygen atoms in total. The number of benzene rings is 1. The maximum Gasteiger partial charge on any atom is 0.341 e. The van der Waals surface area contributed by atoms with Gasteiger partial charge in [-0.05, 0) is 18.1 Å². The fourth-order valence-corrected chi connectivity index (χ4v) is 3.44. The van der Waals surface area contributed by atoms with Gasteiger partial charge in [0.2, 0.25) is 5.43 Å². The number of hydrogen-bond acceptors (Lipinski definition) is 6. The van der Waals surface area contributed by atoms with Crippen LogP contribution >= 0.6 is 0 Å². The van der Waals surface area contributed by atoms with E-state index in [9.17, 15) is 19.1 Å². The van der Waals surface area contributed by atoms with Gasteiger partial charge in [0.1, 0.15) is 17.6 Å². The molecule has 4 rings (SSSR count). The summed E-state index contributed by atoms with van der Waals surface area (Å²) in [6.07, 6.45) is 2.50. The van der Waals surface area contributed by atoms with E-state index in [1.54, 1.807) is 0 Å². The highest BCUT2D eigenvalue weighted by Crippen LogP contribution is 2.30. The Morgan fingerprint density at radius 3 is 2.78 bits per heavy atom. The topological polar surface area (TPSA) is 115 Å². The van der Waals surface area contributed by atoms with Crippen molar-refractivity contribution in [1.82, 2.24) is 9.72 Å². The fraction of sp³-hybridized carbons (Fsp3) is 0.278. The van der Waals surface area contributed by atoms with Crippen LogP contribution in [-0.4, -0.2) is 39.9 Å². The lowest BCUT2D eigenvalue weighted by molar-refractivity contribution is 0.0695. The van der Waals surface area contributed by atoms with Crippen LogP contribution in [0.1, 0.15) is 17.3 Å². The quantitative estimate of drug-likeness (QED) is 0.717. The van der Waals surface area contributed by atoms with Crippen molar-refractivity contribution in [2.24, 2.45) is 11.7 Å². The third-order valence-corrected chi connectivity index (χ3v) is 4.98. The van der Waals surface area contributed by atoms with Gasteiger partial charge in [0.25, 0.3) is 0 Å². The highest BCUT2D eigenvalue weighted by atomic mass is 19.1. The predicted octanol–water partition coefficient (Wildman–Crippen LogP) is 1.60. The van der Waals surface area contributed by atoms with E-state index in [1.807, 2.05) is 11.8 Å². The van der Waals surface area contributed by atoms with Crippen molar-refractivity contribution in [3.05, 3.63) is 52.3 Å². The Labute approximate surface area is 152 Å². The number of hydrogen-bond donors (Lipinski definition) is 2. The van der Waals surface area contributed by atoms with Crippen molar-refractivity contribution in [2.75, 3.05) is 18.0 Å². The summed E-state index contributed by atoms with van der Waals surface area (Å²) >= 11 is 0. The Morgan fingerprint density at radius 1 is 1.41 bits per heavy atom. The zero-order chi connectivity index (χ0) is 19.3. The molecular weight excluding hydrogens is 355 g/mol. The summed E-state index contributed by atoms with van der Waals surface area (Å²) in [5, 5.41) is 13.1. The lowest BCUT2D eigenvalue weighted by atomic mass is 10.1. The van der Waals surface area contributed by atoms with E-state index >= 15 is 0 Å². The molecule has 0 radical (unpaired) electrons. The largest absolute Gasteiger partial charge is 0.477 e. The summed E-state index contributed by atoms with van der Waals surface area (Å²) in [6, 6.07) is 4.04. The number of fused-ring (bicyclic) bond motifs is 1. The van der Waals surface area contributed by atoms with E-state index < -0.39 is 22.8 Å². The summed E-state index contributed by atoms with van der Waals surface area (Å²) in [5.41, 5.74) is 5.46. The van der Waals surface area contributed by atoms with Crippen molar-refractivity contribution in [3.63, 3.8) is 0 Å². The molecule has 3 heterocycles. The first-order valence-corrected chi connectivity index (χ1v) is 8.40. The van der Waals surface area contributed by atoms with Crippen LogP contribution in [-0.2, 0) is 0 Å². The van der Waals surface area contributed by atoms with E-state index in [4.69, 9.17) is 10.3 Å². The number of aromatic nitrogens is 2. The molecule has 3 N–H and O–H groups in total. The maximum atomic E-state index is 14.8. The van der Waals surface area contributed by atoms with Gasteiger partial charge in [0.05, 0.1) is 16.6 Å². The summed E-state index contributed by atoms with van der Waals surface area (Å²) < 4.78 is 21.0. The molecule has 2 atom stereocenters. The molecule has 1 aliphatic heterocycles. The second kappa shape index (κ2) is 6.20. The molecule has 27 heavy (non-hydrogen) atoms. The molecule has 3 aromatic rings. The molecule has 0 unspecified atom stereocenters. The molecule has 1 fully saturated rings. The van der Waals surface area contributed by atoms with Crippen molar-refractivity contribution in [3.8, 4) is 5.82 Å². The number of rotatable bonds is 3. The Morgan fingerprint density at radius 2 is 2.19 bits per heavy atom. The Hall–Kier alpha value is -3.20. The smallest absolute Gasteiger partial charge is 0.341 e. The van der Waals surface area contributed by atoms with Gasteiger partial charge in [-0.2, -0.15) is 0 Å². The number of pyridine rings is 1. The maximum absolute atomic E-state index is 14.8. The molecule has 0 aliphatic carbocycles. The minimum absolute atomic E-state index is 0.0457. The molecule has 1 aromatic carbocycles. The van der Waals surface area contributed by atoms with Crippen LogP contribution in [0.2, 0.25) is 0 Å². The third-order valence-electron chi connectivity index (χ3n) is 4.98. The van der Waals surface area contributed by atoms with E-state index in [0.29, 0.717) is 24.3 Å². The lowest BCUT2D eigenvalue weighted by Crippen LogP contribution is -2.28. The Balaban J connectivity index is 2.00. The van der Waals surface area contributed by atoms with Gasteiger partial charge in [0, 0.05) is 31.4 Å². The van der Waals surface area contributed by atoms with Crippen molar-refractivity contribution in [2.45, 2.75) is 13.0 Å². The van der Waals surface area contributed by atoms with Crippen LogP contribution in [0.5, 0.6) is 0 Å². The van der Waals surface area contributed by atoms with E-state index in [2.05, 4.69) is 5.16 Å². The molecule has 1 aliphatic rings. The Kier molecular flexibility index (Phi) is 3.96. The van der Waals surface area contributed by atoms with E-state index in [0.717, 1.165) is 6.07 Å². The number of nitrogens with zero attached hydrogens (tertiary/aromatic N) is 3. The minimum Gasteiger partial charge on any atom is -0.477 e. The average molecular weight is 372 g/mol. The van der Waals surface area contributed by atoms with Crippen molar-refractivity contribution < 1.29 is 18.8 Å². The molecule has 9 heteroatoms. The molecule has 1 saturated heterocycles. The standard InChI is InChI=1S/C18H17FN4O4/c1-9-6-22(8-13(9)20)15-5-14-10(4-12(15)19)17(24)11(18(25)26)7-23(14)16-2-3-27-21-16/h2-5,7,9,13H,6,8,20H2,1H3,(H,25,26)/t9-,13-/m1/s1. The first-order chi connectivity index (χ1) is 12.9. The number of halogens is 1. The SMILES string of the molecule is C[C@@H]1CN(c2cc3c(cc2F)c(=O)c(C(=O)O)cn3-c2ccon2)C[C@H]1N. The summed E-state index contributed by atoms with van der Waals surface area (Å²) in [7, 11) is 0. The van der Waals surface area contributed by atoms with Crippen molar-refractivity contribution >= 4 is 22.6 Å². The zero-order valence-electron chi connectivity index (χ0n) is 14.4. The highest BCUT2D eigenvalue weighted by molar-refractivity contribution is 5.94. The summed E-state index contributed by atoms with van der Waals surface area (Å²) in [4.78, 5) is 25.8. The third kappa shape index (κ3) is 2.76. The predicted molar refractivity (Wildman–Crippen MR) is 95.9 cm³/mol. The van der Waals surface area contributed by atoms with E-state index in [1.165, 1.54) is 29.2 Å². The molecule has 0 amide bonds. The normalized spacial score (nSPS) is 19.7. The molecule has 0 spiro atoms. The van der Waals surface area contributed by atoms with Gasteiger partial charge in [-0.25, -0.2) is 9.18 Å². The summed E-state index contributed by atoms with van der Waals surface area (Å²) in [5.74, 6) is -1.52. The lowest BCUT2D eigenvalue weighted by Gasteiger charge is -2.20. The Bertz CT molecular complexity index is 1080.